The van der Waals surface area contributed by atoms with Crippen LogP contribution in [0.5, 0.6) is 0 Å². The van der Waals surface area contributed by atoms with E-state index >= 15 is 0 Å². The molecule has 0 aliphatic rings. The van der Waals surface area contributed by atoms with E-state index in [1.807, 2.05) is 57.6 Å². The molecular formula is C48H34Cl2N2O6S4. The number of carbonyl (C=O) groups excluding carboxylic acids is 4. The van der Waals surface area contributed by atoms with Gasteiger partial charge in [0.1, 0.15) is 0 Å². The second kappa shape index (κ2) is 17.8. The van der Waals surface area contributed by atoms with Crippen molar-refractivity contribution in [3.63, 3.8) is 0 Å². The van der Waals surface area contributed by atoms with Gasteiger partial charge in [-0.1, -0.05) is 59.6 Å². The number of hydrogen-bond donors (Lipinski definition) is 0. The lowest BCUT2D eigenvalue weighted by Gasteiger charge is -2.06. The van der Waals surface area contributed by atoms with Crippen molar-refractivity contribution in [3.8, 4) is 0 Å². The molecule has 0 fully saturated rings. The fourth-order valence-electron chi connectivity index (χ4n) is 7.47. The molecule has 0 saturated carbocycles. The van der Waals surface area contributed by atoms with E-state index in [0.29, 0.717) is 75.4 Å². The molecule has 0 unspecified atom stereocenters. The molecule has 14 heteroatoms. The van der Waals surface area contributed by atoms with Gasteiger partial charge in [-0.2, -0.15) is 0 Å². The molecule has 0 atom stereocenters. The third kappa shape index (κ3) is 7.73. The number of benzene rings is 3. The maximum Gasteiger partial charge on any atom is 0.341 e. The van der Waals surface area contributed by atoms with Gasteiger partial charge in [0.25, 0.3) is 0 Å². The Kier molecular flexibility index (Phi) is 12.1. The summed E-state index contributed by atoms with van der Waals surface area (Å²) in [7, 11) is 0. The molecule has 0 aliphatic heterocycles. The molecule has 0 bridgehead atoms. The second-order valence-electron chi connectivity index (χ2n) is 14.1. The molecule has 0 N–H and O–H groups in total. The van der Waals surface area contributed by atoms with Crippen LogP contribution in [0.2, 0.25) is 10.0 Å². The molecular weight excluding hydrogens is 900 g/mol. The maximum atomic E-state index is 14.1. The molecule has 9 aromatic rings. The van der Waals surface area contributed by atoms with Gasteiger partial charge in [0.2, 0.25) is 11.6 Å². The summed E-state index contributed by atoms with van der Waals surface area (Å²) in [5.74, 6) is -0.113. The number of thiophene rings is 2. The smallest absolute Gasteiger partial charge is 0.341 e. The molecule has 8 nitrogen and oxygen atoms in total. The number of aromatic nitrogens is 2. The summed E-state index contributed by atoms with van der Waals surface area (Å²) >= 11 is 18.3. The quantitative estimate of drug-likeness (QED) is 0.0604. The SMILES string of the molecule is CCOC(=O)c1c2c(C(=O)c3ccc(Cl)cc3)sc(SCc3ccc(CSc4sc(C(=O)c5ccc(Cl)cc5)c5c(C(=O)OCC)c6ccccn6c45)cc3)c2n2ccccc12. The highest BCUT2D eigenvalue weighted by atomic mass is 35.5. The van der Waals surface area contributed by atoms with Crippen LogP contribution in [0.4, 0.5) is 0 Å². The topological polar surface area (TPSA) is 95.6 Å². The first kappa shape index (κ1) is 42.0. The maximum absolute atomic E-state index is 14.1. The summed E-state index contributed by atoms with van der Waals surface area (Å²) < 4.78 is 16.8. The van der Waals surface area contributed by atoms with Crippen LogP contribution < -0.4 is 0 Å². The molecule has 0 radical (unpaired) electrons. The van der Waals surface area contributed by atoms with Crippen LogP contribution in [0.25, 0.3) is 32.8 Å². The van der Waals surface area contributed by atoms with Gasteiger partial charge in [-0.05, 0) is 97.8 Å². The van der Waals surface area contributed by atoms with Crippen molar-refractivity contribution in [2.75, 3.05) is 13.2 Å². The van der Waals surface area contributed by atoms with E-state index in [0.717, 1.165) is 30.6 Å². The van der Waals surface area contributed by atoms with E-state index in [2.05, 4.69) is 24.3 Å². The molecule has 0 saturated heterocycles. The zero-order valence-electron chi connectivity index (χ0n) is 33.1. The van der Waals surface area contributed by atoms with Crippen LogP contribution in [-0.4, -0.2) is 45.5 Å². The normalized spacial score (nSPS) is 11.5. The molecule has 0 amide bonds. The van der Waals surface area contributed by atoms with Crippen molar-refractivity contribution in [2.45, 2.75) is 33.8 Å². The number of hydrogen-bond acceptors (Lipinski definition) is 10. The number of halogens is 2. The lowest BCUT2D eigenvalue weighted by atomic mass is 10.1. The van der Waals surface area contributed by atoms with E-state index < -0.39 is 11.9 Å². The van der Waals surface area contributed by atoms with E-state index in [9.17, 15) is 19.2 Å². The molecule has 6 aromatic heterocycles. The van der Waals surface area contributed by atoms with Crippen LogP contribution in [0.1, 0.15) is 76.2 Å². The number of thioether (sulfide) groups is 2. The first-order valence-corrected chi connectivity index (χ1v) is 23.9. The van der Waals surface area contributed by atoms with Crippen molar-refractivity contribution >= 4 is 126 Å². The Labute approximate surface area is 382 Å². The fourth-order valence-corrected chi connectivity index (χ4v) is 12.7. The highest BCUT2D eigenvalue weighted by molar-refractivity contribution is 8.01. The molecule has 6 heterocycles. The predicted molar refractivity (Wildman–Crippen MR) is 253 cm³/mol. The Morgan fingerprint density at radius 1 is 0.548 bits per heavy atom. The fraction of sp³-hybridized carbons (Fsp3) is 0.125. The highest BCUT2D eigenvalue weighted by Crippen LogP contribution is 2.46. The van der Waals surface area contributed by atoms with Crippen molar-refractivity contribution < 1.29 is 28.7 Å². The summed E-state index contributed by atoms with van der Waals surface area (Å²) in [4.78, 5) is 56.2. The number of pyridine rings is 2. The number of esters is 2. The van der Waals surface area contributed by atoms with Crippen LogP contribution >= 0.6 is 69.4 Å². The van der Waals surface area contributed by atoms with Gasteiger partial charge >= 0.3 is 11.9 Å². The summed E-state index contributed by atoms with van der Waals surface area (Å²) in [6.07, 6.45) is 3.82. The van der Waals surface area contributed by atoms with Crippen molar-refractivity contribution in [3.05, 3.63) is 175 Å². The average Bonchev–Trinajstić information content (AvgIpc) is 4.03. The second-order valence-corrected chi connectivity index (χ2v) is 19.5. The summed E-state index contributed by atoms with van der Waals surface area (Å²) in [6.45, 7) is 3.94. The van der Waals surface area contributed by atoms with Crippen LogP contribution in [0.15, 0.2) is 130 Å². The molecule has 62 heavy (non-hydrogen) atoms. The van der Waals surface area contributed by atoms with Crippen LogP contribution in [-0.2, 0) is 21.0 Å². The average molecular weight is 934 g/mol. The number of carbonyl (C=O) groups is 4. The third-order valence-corrected chi connectivity index (χ3v) is 15.8. The zero-order valence-corrected chi connectivity index (χ0v) is 37.9. The molecule has 3 aromatic carbocycles. The van der Waals surface area contributed by atoms with E-state index in [1.165, 1.54) is 22.7 Å². The van der Waals surface area contributed by atoms with Gasteiger partial charge in [0.15, 0.2) is 0 Å². The molecule has 0 aliphatic carbocycles. The van der Waals surface area contributed by atoms with Gasteiger partial charge in [-0.25, -0.2) is 9.59 Å². The standard InChI is InChI=1S/C48H34Cl2N2O6S4/c1-3-57-45(55)35-33-9-5-7-23-51(33)39-37(35)43(41(53)29-15-19-31(49)20-16-29)61-47(39)59-25-27-11-13-28(14-12-27)26-60-48-40-38(44(62-48)42(54)30-17-21-32(50)22-18-30)36(46(56)58-4-2)34-10-6-8-24-52(34)40/h5-24H,3-4,25-26H2,1-2H3. The van der Waals surface area contributed by atoms with Gasteiger partial charge in [0, 0.05) is 55.8 Å². The van der Waals surface area contributed by atoms with Gasteiger partial charge < -0.3 is 18.3 Å². The van der Waals surface area contributed by atoms with Crippen LogP contribution in [0, 0.1) is 0 Å². The highest BCUT2D eigenvalue weighted by Gasteiger charge is 2.31. The summed E-state index contributed by atoms with van der Waals surface area (Å²) in [5.41, 5.74) is 6.79. The lowest BCUT2D eigenvalue weighted by molar-refractivity contribution is 0.0521. The lowest BCUT2D eigenvalue weighted by Crippen LogP contribution is -2.06. The third-order valence-electron chi connectivity index (χ3n) is 10.3. The minimum Gasteiger partial charge on any atom is -0.462 e. The van der Waals surface area contributed by atoms with E-state index in [1.54, 1.807) is 85.9 Å². The van der Waals surface area contributed by atoms with Crippen molar-refractivity contribution in [1.82, 2.24) is 8.80 Å². The Morgan fingerprint density at radius 3 is 1.31 bits per heavy atom. The monoisotopic (exact) mass is 932 g/mol. The summed E-state index contributed by atoms with van der Waals surface area (Å²) in [6, 6.07) is 33.2. The predicted octanol–water partition coefficient (Wildman–Crippen LogP) is 13.3. The van der Waals surface area contributed by atoms with Gasteiger partial charge in [-0.15, -0.1) is 46.2 Å². The minimum atomic E-state index is -0.476. The zero-order chi connectivity index (χ0) is 43.1. The Morgan fingerprint density at radius 2 is 0.935 bits per heavy atom. The van der Waals surface area contributed by atoms with Crippen molar-refractivity contribution in [2.24, 2.45) is 0 Å². The van der Waals surface area contributed by atoms with E-state index in [4.69, 9.17) is 32.7 Å². The Balaban J connectivity index is 1.02. The number of rotatable bonds is 14. The minimum absolute atomic E-state index is 0.193. The number of nitrogens with zero attached hydrogens (tertiary/aromatic N) is 2. The van der Waals surface area contributed by atoms with Gasteiger partial charge in [-0.3, -0.25) is 9.59 Å². The molecule has 310 valence electrons. The van der Waals surface area contributed by atoms with E-state index in [-0.39, 0.29) is 24.8 Å². The molecule has 0 spiro atoms. The Hall–Kier alpha value is -5.34. The number of fused-ring (bicyclic) bond motifs is 6. The Bertz CT molecular complexity index is 2990. The van der Waals surface area contributed by atoms with Crippen LogP contribution in [0.3, 0.4) is 0 Å². The number of ketones is 2. The first-order chi connectivity index (χ1) is 30.2. The largest absolute Gasteiger partial charge is 0.462 e. The summed E-state index contributed by atoms with van der Waals surface area (Å²) in [5, 5.41) is 2.22. The first-order valence-electron chi connectivity index (χ1n) is 19.6. The number of ether oxygens (including phenoxy) is 2. The molecule has 9 rings (SSSR count). The van der Waals surface area contributed by atoms with Crippen molar-refractivity contribution in [1.29, 1.82) is 0 Å². The van der Waals surface area contributed by atoms with Gasteiger partial charge in [0.05, 0.1) is 64.6 Å².